The number of aromatic nitrogens is 2. The number of pyridine rings is 2. The summed E-state index contributed by atoms with van der Waals surface area (Å²) in [7, 11) is 1.65. The first-order chi connectivity index (χ1) is 11.5. The number of nitrogens with zero attached hydrogens (tertiary/aromatic N) is 3. The van der Waals surface area contributed by atoms with E-state index in [0.717, 1.165) is 5.56 Å². The second kappa shape index (κ2) is 8.19. The van der Waals surface area contributed by atoms with Crippen LogP contribution in [0, 0.1) is 0 Å². The Bertz CT molecular complexity index is 670. The third-order valence-electron chi connectivity index (χ3n) is 3.41. The highest BCUT2D eigenvalue weighted by Gasteiger charge is 2.18. The number of urea groups is 1. The van der Waals surface area contributed by atoms with Gasteiger partial charge in [0.05, 0.1) is 6.04 Å². The second-order valence-corrected chi connectivity index (χ2v) is 5.06. The molecule has 0 aliphatic carbocycles. The molecule has 128 valence electrons. The number of carbonyl (C=O) groups is 1. The van der Waals surface area contributed by atoms with E-state index in [1.807, 2.05) is 19.1 Å². The normalized spacial score (nSPS) is 11.9. The minimum absolute atomic E-state index is 0.0259. The van der Waals surface area contributed by atoms with Gasteiger partial charge in [0.2, 0.25) is 5.88 Å². The van der Waals surface area contributed by atoms with Crippen molar-refractivity contribution < 1.29 is 18.3 Å². The molecule has 0 radical (unpaired) electrons. The smallest absolute Gasteiger partial charge is 0.323 e. The molecule has 8 heteroatoms. The van der Waals surface area contributed by atoms with Crippen LogP contribution in [0.15, 0.2) is 42.7 Å². The first-order valence-electron chi connectivity index (χ1n) is 7.29. The summed E-state index contributed by atoms with van der Waals surface area (Å²) in [6.07, 6.45) is 0.726. The van der Waals surface area contributed by atoms with Crippen LogP contribution < -0.4 is 10.1 Å². The van der Waals surface area contributed by atoms with E-state index in [-0.39, 0.29) is 23.8 Å². The van der Waals surface area contributed by atoms with Crippen LogP contribution in [-0.2, 0) is 0 Å². The van der Waals surface area contributed by atoms with Crippen molar-refractivity contribution in [2.24, 2.45) is 0 Å². The van der Waals surface area contributed by atoms with E-state index in [9.17, 15) is 13.6 Å². The molecule has 1 atom stereocenters. The summed E-state index contributed by atoms with van der Waals surface area (Å²) in [5.74, 6) is 0.249. The first-order valence-corrected chi connectivity index (χ1v) is 7.29. The number of ether oxygens (including phenoxy) is 1. The van der Waals surface area contributed by atoms with Crippen LogP contribution in [0.3, 0.4) is 0 Å². The van der Waals surface area contributed by atoms with Gasteiger partial charge in [0.1, 0.15) is 5.82 Å². The molecule has 2 rings (SSSR count). The average Bonchev–Trinajstić information content (AvgIpc) is 2.59. The van der Waals surface area contributed by atoms with Crippen molar-refractivity contribution in [3.8, 4) is 5.88 Å². The van der Waals surface area contributed by atoms with Crippen molar-refractivity contribution in [3.05, 3.63) is 48.3 Å². The number of halogens is 2. The van der Waals surface area contributed by atoms with Gasteiger partial charge in [-0.05, 0) is 30.7 Å². The van der Waals surface area contributed by atoms with Gasteiger partial charge in [0.15, 0.2) is 6.61 Å². The Morgan fingerprint density at radius 3 is 2.67 bits per heavy atom. The molecule has 0 saturated heterocycles. The zero-order valence-corrected chi connectivity index (χ0v) is 13.3. The first kappa shape index (κ1) is 17.6. The highest BCUT2D eigenvalue weighted by Crippen LogP contribution is 2.19. The van der Waals surface area contributed by atoms with Gasteiger partial charge in [-0.3, -0.25) is 10.3 Å². The number of carbonyl (C=O) groups excluding carboxylic acids is 1. The minimum Gasteiger partial charge on any atom is -0.472 e. The van der Waals surface area contributed by atoms with E-state index in [0.29, 0.717) is 0 Å². The Balaban J connectivity index is 1.99. The fraction of sp³-hybridized carbons (Fsp3) is 0.312. The van der Waals surface area contributed by atoms with Crippen LogP contribution in [0.5, 0.6) is 5.88 Å². The second-order valence-electron chi connectivity index (χ2n) is 5.06. The fourth-order valence-electron chi connectivity index (χ4n) is 1.95. The Labute approximate surface area is 138 Å². The van der Waals surface area contributed by atoms with Crippen molar-refractivity contribution >= 4 is 11.8 Å². The lowest BCUT2D eigenvalue weighted by molar-refractivity contribution is 0.0796. The molecule has 0 aliphatic heterocycles. The molecule has 2 amide bonds. The van der Waals surface area contributed by atoms with Crippen LogP contribution in [-0.4, -0.2) is 41.0 Å². The molecular weight excluding hydrogens is 318 g/mol. The average molecular weight is 336 g/mol. The van der Waals surface area contributed by atoms with Crippen LogP contribution in [0.1, 0.15) is 18.5 Å². The van der Waals surface area contributed by atoms with Gasteiger partial charge in [-0.2, -0.15) is 4.98 Å². The zero-order valence-electron chi connectivity index (χ0n) is 13.3. The lowest BCUT2D eigenvalue weighted by atomic mass is 10.1. The third-order valence-corrected chi connectivity index (χ3v) is 3.41. The number of rotatable bonds is 6. The number of amides is 2. The summed E-state index contributed by atoms with van der Waals surface area (Å²) < 4.78 is 29.1. The number of anilines is 1. The van der Waals surface area contributed by atoms with E-state index >= 15 is 0 Å². The number of alkyl halides is 2. The van der Waals surface area contributed by atoms with Crippen molar-refractivity contribution in [2.45, 2.75) is 19.4 Å². The van der Waals surface area contributed by atoms with Crippen molar-refractivity contribution in [1.82, 2.24) is 14.9 Å². The Morgan fingerprint density at radius 2 is 2.00 bits per heavy atom. The van der Waals surface area contributed by atoms with Crippen LogP contribution >= 0.6 is 0 Å². The summed E-state index contributed by atoms with van der Waals surface area (Å²) in [4.78, 5) is 21.7. The van der Waals surface area contributed by atoms with Gasteiger partial charge in [-0.25, -0.2) is 13.6 Å². The van der Waals surface area contributed by atoms with Crippen LogP contribution in [0.2, 0.25) is 0 Å². The Kier molecular flexibility index (Phi) is 6.00. The van der Waals surface area contributed by atoms with Crippen molar-refractivity contribution in [1.29, 1.82) is 0 Å². The molecule has 0 aromatic carbocycles. The van der Waals surface area contributed by atoms with E-state index in [1.165, 1.54) is 11.0 Å². The molecule has 0 bridgehead atoms. The van der Waals surface area contributed by atoms with Crippen molar-refractivity contribution in [2.75, 3.05) is 19.0 Å². The van der Waals surface area contributed by atoms with E-state index in [1.54, 1.807) is 31.6 Å². The van der Waals surface area contributed by atoms with E-state index < -0.39 is 13.0 Å². The molecule has 2 heterocycles. The fourth-order valence-corrected chi connectivity index (χ4v) is 1.95. The summed E-state index contributed by atoms with van der Waals surface area (Å²) in [6, 6.07) is 7.66. The molecule has 0 aliphatic rings. The molecule has 2 aromatic rings. The quantitative estimate of drug-likeness (QED) is 0.878. The van der Waals surface area contributed by atoms with E-state index in [2.05, 4.69) is 15.3 Å². The monoisotopic (exact) mass is 336 g/mol. The molecule has 2 aromatic heterocycles. The summed E-state index contributed by atoms with van der Waals surface area (Å²) in [5, 5.41) is 2.61. The van der Waals surface area contributed by atoms with Crippen LogP contribution in [0.25, 0.3) is 0 Å². The molecule has 1 N–H and O–H groups in total. The molecule has 0 saturated carbocycles. The lowest BCUT2D eigenvalue weighted by Crippen LogP contribution is -2.33. The number of hydrogen-bond donors (Lipinski definition) is 1. The maximum Gasteiger partial charge on any atom is 0.323 e. The minimum atomic E-state index is -2.59. The maximum absolute atomic E-state index is 12.3. The van der Waals surface area contributed by atoms with Gasteiger partial charge in [-0.15, -0.1) is 0 Å². The third kappa shape index (κ3) is 4.87. The molecule has 6 nitrogen and oxygen atoms in total. The number of hydrogen-bond acceptors (Lipinski definition) is 4. The molecule has 0 fully saturated rings. The van der Waals surface area contributed by atoms with Gasteiger partial charge in [-0.1, -0.05) is 6.07 Å². The molecular formula is C16H18F2N4O2. The summed E-state index contributed by atoms with van der Waals surface area (Å²) in [5.41, 5.74) is 0.935. The standard InChI is InChI=1S/C16H18F2N4O2/c1-11(12-6-8-19-9-7-12)22(2)16(23)21-14-4-3-5-15(20-14)24-10-13(17)18/h3-9,11,13H,10H2,1-2H3,(H,20,21,23)/t11-/m1/s1. The van der Waals surface area contributed by atoms with Gasteiger partial charge in [0, 0.05) is 25.5 Å². The van der Waals surface area contributed by atoms with Gasteiger partial charge < -0.3 is 9.64 Å². The highest BCUT2D eigenvalue weighted by molar-refractivity contribution is 5.88. The summed E-state index contributed by atoms with van der Waals surface area (Å²) >= 11 is 0. The van der Waals surface area contributed by atoms with E-state index in [4.69, 9.17) is 4.74 Å². The highest BCUT2D eigenvalue weighted by atomic mass is 19.3. The molecule has 0 unspecified atom stereocenters. The Morgan fingerprint density at radius 1 is 1.29 bits per heavy atom. The maximum atomic E-state index is 12.3. The lowest BCUT2D eigenvalue weighted by Gasteiger charge is -2.25. The molecule has 24 heavy (non-hydrogen) atoms. The molecule has 0 spiro atoms. The zero-order chi connectivity index (χ0) is 17.5. The van der Waals surface area contributed by atoms with Gasteiger partial charge >= 0.3 is 6.03 Å². The summed E-state index contributed by atoms with van der Waals surface area (Å²) in [6.45, 7) is 1.13. The SMILES string of the molecule is C[C@H](c1ccncc1)N(C)C(=O)Nc1cccc(OCC(F)F)n1. The predicted octanol–water partition coefficient (Wildman–Crippen LogP) is 3.35. The predicted molar refractivity (Wildman–Crippen MR) is 85.2 cm³/mol. The number of nitrogens with one attached hydrogen (secondary N) is 1. The largest absolute Gasteiger partial charge is 0.472 e. The van der Waals surface area contributed by atoms with Crippen molar-refractivity contribution in [3.63, 3.8) is 0 Å². The van der Waals surface area contributed by atoms with Gasteiger partial charge in [0.25, 0.3) is 6.43 Å². The van der Waals surface area contributed by atoms with Crippen LogP contribution in [0.4, 0.5) is 19.4 Å². The topological polar surface area (TPSA) is 67.4 Å². The Hall–Kier alpha value is -2.77.